The summed E-state index contributed by atoms with van der Waals surface area (Å²) in [5.41, 5.74) is 3.00. The van der Waals surface area contributed by atoms with Crippen LogP contribution in [-0.2, 0) is 6.42 Å². The zero-order valence-corrected chi connectivity index (χ0v) is 13.6. The molecule has 1 unspecified atom stereocenters. The molecular weight excluding hydrogens is 305 g/mol. The number of carboxylic acids is 1. The van der Waals surface area contributed by atoms with Crippen LogP contribution >= 0.6 is 0 Å². The van der Waals surface area contributed by atoms with Crippen LogP contribution in [0.4, 0.5) is 0 Å². The molecule has 1 aliphatic carbocycles. The van der Waals surface area contributed by atoms with Crippen molar-refractivity contribution in [3.8, 4) is 5.75 Å². The molecule has 0 saturated heterocycles. The van der Waals surface area contributed by atoms with E-state index in [1.54, 1.807) is 6.07 Å². The van der Waals surface area contributed by atoms with Gasteiger partial charge in [-0.3, -0.25) is 0 Å². The number of allylic oxidation sites excluding steroid dienone is 2. The molecule has 0 aromatic heterocycles. The number of carbonyl (C=O) groups is 1. The molecule has 0 spiro atoms. The maximum absolute atomic E-state index is 11.3. The van der Waals surface area contributed by atoms with Gasteiger partial charge in [0.2, 0.25) is 0 Å². The van der Waals surface area contributed by atoms with Gasteiger partial charge in [-0.1, -0.05) is 30.7 Å². The number of hydrogen-bond donors (Lipinski definition) is 3. The second-order valence-corrected chi connectivity index (χ2v) is 6.45. The molecule has 6 heteroatoms. The van der Waals surface area contributed by atoms with E-state index >= 15 is 0 Å². The molecule has 1 aromatic rings. The maximum atomic E-state index is 11.3. The van der Waals surface area contributed by atoms with Crippen molar-refractivity contribution in [3.63, 3.8) is 0 Å². The van der Waals surface area contributed by atoms with Crippen LogP contribution in [0.2, 0.25) is 0 Å². The van der Waals surface area contributed by atoms with Gasteiger partial charge in [-0.25, -0.2) is 4.79 Å². The average molecular weight is 327 g/mol. The van der Waals surface area contributed by atoms with Crippen molar-refractivity contribution in [2.45, 2.75) is 44.5 Å². The van der Waals surface area contributed by atoms with Crippen LogP contribution in [0.1, 0.15) is 48.0 Å². The van der Waals surface area contributed by atoms with Crippen LogP contribution in [0.25, 0.3) is 0 Å². The van der Waals surface area contributed by atoms with Gasteiger partial charge < -0.3 is 20.1 Å². The molecule has 1 heterocycles. The summed E-state index contributed by atoms with van der Waals surface area (Å²) in [4.78, 5) is 11.3. The number of carboxylic acid groups (broad SMARTS) is 1. The van der Waals surface area contributed by atoms with Crippen LogP contribution in [0, 0.1) is 0 Å². The van der Waals surface area contributed by atoms with Crippen molar-refractivity contribution in [1.29, 1.82) is 0 Å². The van der Waals surface area contributed by atoms with Gasteiger partial charge in [-0.15, -0.1) is 0 Å². The Labute approximate surface area is 142 Å². The third-order valence-electron chi connectivity index (χ3n) is 4.59. The zero-order chi connectivity index (χ0) is 17.1. The lowest BCUT2D eigenvalue weighted by Crippen LogP contribution is -2.50. The normalized spacial score (nSPS) is 20.0. The first kappa shape index (κ1) is 16.6. The topological polar surface area (TPSA) is 78.8 Å². The van der Waals surface area contributed by atoms with Gasteiger partial charge in [0.25, 0.3) is 0 Å². The van der Waals surface area contributed by atoms with E-state index in [1.807, 2.05) is 6.07 Å². The molecule has 1 saturated carbocycles. The van der Waals surface area contributed by atoms with Crippen molar-refractivity contribution in [1.82, 2.24) is 5.32 Å². The van der Waals surface area contributed by atoms with Gasteiger partial charge in [0.1, 0.15) is 5.75 Å². The summed E-state index contributed by atoms with van der Waals surface area (Å²) < 4.78 is 5.48. The van der Waals surface area contributed by atoms with Crippen LogP contribution in [0.15, 0.2) is 42.1 Å². The second kappa shape index (κ2) is 7.13. The summed E-state index contributed by atoms with van der Waals surface area (Å²) in [5, 5.41) is 22.7. The predicted molar refractivity (Wildman–Crippen MR) is 92.9 cm³/mol. The molecular formula is C18H22BNO4. The summed E-state index contributed by atoms with van der Waals surface area (Å²) >= 11 is 0. The van der Waals surface area contributed by atoms with Crippen molar-refractivity contribution >= 4 is 13.1 Å². The molecule has 1 aromatic carbocycles. The quantitative estimate of drug-likeness (QED) is 0.741. The fourth-order valence-electron chi connectivity index (χ4n) is 3.39. The van der Waals surface area contributed by atoms with E-state index in [4.69, 9.17) is 4.65 Å². The molecule has 1 aliphatic heterocycles. The van der Waals surface area contributed by atoms with E-state index in [2.05, 4.69) is 18.0 Å². The molecule has 0 radical (unpaired) electrons. The molecule has 2 aliphatic rings. The van der Waals surface area contributed by atoms with E-state index in [-0.39, 0.29) is 17.3 Å². The first-order valence-corrected chi connectivity index (χ1v) is 8.39. The number of fused-ring (bicyclic) bond motifs is 1. The zero-order valence-electron chi connectivity index (χ0n) is 13.6. The minimum Gasteiger partial charge on any atom is -0.534 e. The van der Waals surface area contributed by atoms with Gasteiger partial charge in [0, 0.05) is 5.70 Å². The highest BCUT2D eigenvalue weighted by Crippen LogP contribution is 2.30. The highest BCUT2D eigenvalue weighted by atomic mass is 16.5. The van der Waals surface area contributed by atoms with Gasteiger partial charge in [-0.2, -0.15) is 0 Å². The molecule has 126 valence electrons. The Kier molecular flexibility index (Phi) is 4.95. The van der Waals surface area contributed by atoms with Gasteiger partial charge >= 0.3 is 13.1 Å². The fraction of sp³-hybridized carbons (Fsp3) is 0.389. The van der Waals surface area contributed by atoms with Crippen molar-refractivity contribution < 1.29 is 19.6 Å². The Morgan fingerprint density at radius 2 is 2.08 bits per heavy atom. The maximum Gasteiger partial charge on any atom is 0.546 e. The van der Waals surface area contributed by atoms with Crippen LogP contribution in [0.5, 0.6) is 5.75 Å². The summed E-state index contributed by atoms with van der Waals surface area (Å²) in [6.07, 6.45) is 8.49. The number of hydrogen-bond acceptors (Lipinski definition) is 4. The van der Waals surface area contributed by atoms with Gasteiger partial charge in [0.15, 0.2) is 0 Å². The van der Waals surface area contributed by atoms with Crippen LogP contribution in [-0.4, -0.2) is 29.2 Å². The second-order valence-electron chi connectivity index (χ2n) is 6.45. The Bertz CT molecular complexity index is 678. The minimum absolute atomic E-state index is 0.0770. The number of nitrogens with one attached hydrogen (secondary N) is 1. The van der Waals surface area contributed by atoms with Crippen molar-refractivity contribution in [2.24, 2.45) is 0 Å². The Morgan fingerprint density at radius 1 is 1.33 bits per heavy atom. The number of para-hydroxylation sites is 1. The lowest BCUT2D eigenvalue weighted by Gasteiger charge is -2.29. The molecule has 0 bridgehead atoms. The molecule has 1 atom stereocenters. The molecule has 5 nitrogen and oxygen atoms in total. The van der Waals surface area contributed by atoms with Crippen molar-refractivity contribution in [2.75, 3.05) is 0 Å². The number of rotatable bonds is 4. The SMILES string of the molecule is C=C(C=C1CCCCC1)NC1Cc2cccc(C(=O)O)c2OB1O. The summed E-state index contributed by atoms with van der Waals surface area (Å²) in [7, 11) is -1.11. The summed E-state index contributed by atoms with van der Waals surface area (Å²) in [6.45, 7) is 4.03. The standard InChI is InChI=1S/C18H22BNO4/c1-12(10-13-6-3-2-4-7-13)20-16-11-14-8-5-9-15(18(21)22)17(14)24-19(16)23/h5,8-10,16,20,23H,1-4,6-7,11H2,(H,21,22). The largest absolute Gasteiger partial charge is 0.546 e. The smallest absolute Gasteiger partial charge is 0.534 e. The highest BCUT2D eigenvalue weighted by Gasteiger charge is 2.36. The number of benzene rings is 1. The third-order valence-corrected chi connectivity index (χ3v) is 4.59. The minimum atomic E-state index is -1.11. The molecule has 24 heavy (non-hydrogen) atoms. The Hall–Kier alpha value is -2.21. The predicted octanol–water partition coefficient (Wildman–Crippen LogP) is 2.70. The first-order chi connectivity index (χ1) is 11.5. The van der Waals surface area contributed by atoms with E-state index in [9.17, 15) is 14.9 Å². The van der Waals surface area contributed by atoms with Gasteiger partial charge in [0.05, 0.1) is 11.5 Å². The lowest BCUT2D eigenvalue weighted by molar-refractivity contribution is 0.0694. The van der Waals surface area contributed by atoms with E-state index in [0.717, 1.165) is 24.1 Å². The van der Waals surface area contributed by atoms with Crippen LogP contribution < -0.4 is 9.97 Å². The van der Waals surface area contributed by atoms with E-state index in [0.29, 0.717) is 6.42 Å². The summed E-state index contributed by atoms with van der Waals surface area (Å²) in [5.74, 6) is -1.15. The molecule has 0 amide bonds. The monoisotopic (exact) mass is 327 g/mol. The van der Waals surface area contributed by atoms with E-state index < -0.39 is 13.1 Å². The third kappa shape index (κ3) is 3.65. The van der Waals surface area contributed by atoms with E-state index in [1.165, 1.54) is 30.9 Å². The lowest BCUT2D eigenvalue weighted by atomic mass is 9.72. The Balaban J connectivity index is 1.71. The first-order valence-electron chi connectivity index (χ1n) is 8.39. The average Bonchev–Trinajstić information content (AvgIpc) is 2.55. The summed E-state index contributed by atoms with van der Waals surface area (Å²) in [6, 6.07) is 5.00. The fourth-order valence-corrected chi connectivity index (χ4v) is 3.39. The molecule has 3 N–H and O–H groups in total. The molecule has 1 fully saturated rings. The van der Waals surface area contributed by atoms with Crippen molar-refractivity contribution in [3.05, 3.63) is 53.3 Å². The Morgan fingerprint density at radius 3 is 2.79 bits per heavy atom. The number of aromatic carboxylic acids is 1. The van der Waals surface area contributed by atoms with Gasteiger partial charge in [-0.05, 0) is 49.8 Å². The highest BCUT2D eigenvalue weighted by molar-refractivity contribution is 6.46. The van der Waals surface area contributed by atoms with Crippen LogP contribution in [0.3, 0.4) is 0 Å². The molecule has 3 rings (SSSR count).